The highest BCUT2D eigenvalue weighted by Crippen LogP contribution is 2.45. The van der Waals surface area contributed by atoms with E-state index in [0.29, 0.717) is 18.1 Å². The maximum Gasteiger partial charge on any atom is 0.244 e. The van der Waals surface area contributed by atoms with Crippen LogP contribution in [0.15, 0.2) is 35.7 Å². The van der Waals surface area contributed by atoms with Gasteiger partial charge in [0, 0.05) is 16.8 Å². The van der Waals surface area contributed by atoms with Crippen LogP contribution in [0.25, 0.3) is 0 Å². The molecular weight excluding hydrogens is 280 g/mol. The minimum absolute atomic E-state index is 0.0813. The highest BCUT2D eigenvalue weighted by atomic mass is 16.5. The van der Waals surface area contributed by atoms with Crippen molar-refractivity contribution in [2.75, 3.05) is 6.61 Å². The number of benzene rings is 1. The minimum Gasteiger partial charge on any atom is -0.494 e. The van der Waals surface area contributed by atoms with Gasteiger partial charge in [-0.25, -0.2) is 0 Å². The molecule has 0 radical (unpaired) electrons. The van der Waals surface area contributed by atoms with E-state index in [-0.39, 0.29) is 11.8 Å². The summed E-state index contributed by atoms with van der Waals surface area (Å²) >= 11 is 0. The van der Waals surface area contributed by atoms with Gasteiger partial charge in [-0.2, -0.15) is 5.26 Å². The molecule has 112 valence electrons. The maximum absolute atomic E-state index is 9.53. The molecule has 6 nitrogen and oxygen atoms in total. The van der Waals surface area contributed by atoms with Gasteiger partial charge in [-0.05, 0) is 19.9 Å². The Morgan fingerprint density at radius 3 is 2.95 bits per heavy atom. The van der Waals surface area contributed by atoms with E-state index in [0.717, 1.165) is 22.6 Å². The standard InChI is InChI=1S/C16H16N4O2/c1-3-21-12-7-5-4-6-10(12)14-11(8-17)15(18)22-16-13(14)9(2)19-20-16/h4-7,14H,3,18H2,1-2H3,(H,19,20)/t14-/m0/s1. The number of rotatable bonds is 3. The summed E-state index contributed by atoms with van der Waals surface area (Å²) in [5, 5.41) is 16.5. The molecule has 22 heavy (non-hydrogen) atoms. The lowest BCUT2D eigenvalue weighted by molar-refractivity contribution is 0.334. The van der Waals surface area contributed by atoms with Crippen LogP contribution in [0.2, 0.25) is 0 Å². The van der Waals surface area contributed by atoms with E-state index in [4.69, 9.17) is 15.2 Å². The van der Waals surface area contributed by atoms with Gasteiger partial charge in [0.2, 0.25) is 11.8 Å². The van der Waals surface area contributed by atoms with Crippen LogP contribution in [-0.4, -0.2) is 16.8 Å². The number of para-hydroxylation sites is 1. The van der Waals surface area contributed by atoms with Gasteiger partial charge >= 0.3 is 0 Å². The first-order chi connectivity index (χ1) is 10.7. The topological polar surface area (TPSA) is 96.9 Å². The van der Waals surface area contributed by atoms with Gasteiger partial charge in [0.1, 0.15) is 17.4 Å². The number of allylic oxidation sites excluding steroid dienone is 1. The summed E-state index contributed by atoms with van der Waals surface area (Å²) in [6.07, 6.45) is 0. The van der Waals surface area contributed by atoms with Crippen LogP contribution in [0.1, 0.15) is 29.7 Å². The van der Waals surface area contributed by atoms with Gasteiger partial charge in [0.15, 0.2) is 0 Å². The molecular formula is C16H16N4O2. The van der Waals surface area contributed by atoms with Crippen molar-refractivity contribution in [2.24, 2.45) is 5.73 Å². The van der Waals surface area contributed by atoms with Crippen molar-refractivity contribution in [1.29, 1.82) is 5.26 Å². The third-order valence-corrected chi connectivity index (χ3v) is 3.66. The van der Waals surface area contributed by atoms with Crippen molar-refractivity contribution >= 4 is 0 Å². The molecule has 0 spiro atoms. The van der Waals surface area contributed by atoms with Crippen LogP contribution in [0.4, 0.5) is 0 Å². The molecule has 0 bridgehead atoms. The van der Waals surface area contributed by atoms with Gasteiger partial charge in [0.05, 0.1) is 12.5 Å². The van der Waals surface area contributed by atoms with Crippen molar-refractivity contribution in [3.63, 3.8) is 0 Å². The van der Waals surface area contributed by atoms with Crippen LogP contribution in [0.5, 0.6) is 11.6 Å². The molecule has 0 unspecified atom stereocenters. The predicted molar refractivity (Wildman–Crippen MR) is 80.2 cm³/mol. The molecule has 1 aliphatic heterocycles. The lowest BCUT2D eigenvalue weighted by Crippen LogP contribution is -2.21. The molecule has 2 heterocycles. The Hall–Kier alpha value is -2.94. The number of hydrogen-bond acceptors (Lipinski definition) is 5. The smallest absolute Gasteiger partial charge is 0.244 e. The SMILES string of the molecule is CCOc1ccccc1[C@H]1C(C#N)=C(N)Oc2n[nH]c(C)c21. The van der Waals surface area contributed by atoms with Crippen molar-refractivity contribution in [1.82, 2.24) is 10.2 Å². The van der Waals surface area contributed by atoms with Crippen LogP contribution < -0.4 is 15.2 Å². The number of aromatic nitrogens is 2. The van der Waals surface area contributed by atoms with Gasteiger partial charge in [-0.3, -0.25) is 5.10 Å². The Morgan fingerprint density at radius 2 is 2.23 bits per heavy atom. The van der Waals surface area contributed by atoms with Gasteiger partial charge < -0.3 is 15.2 Å². The molecule has 0 saturated carbocycles. The molecule has 2 aromatic rings. The molecule has 0 saturated heterocycles. The zero-order valence-corrected chi connectivity index (χ0v) is 12.4. The summed E-state index contributed by atoms with van der Waals surface area (Å²) in [6, 6.07) is 9.79. The molecule has 0 amide bonds. The minimum atomic E-state index is -0.352. The molecule has 1 aliphatic rings. The molecule has 3 N–H and O–H groups in total. The number of nitrogens with one attached hydrogen (secondary N) is 1. The quantitative estimate of drug-likeness (QED) is 0.906. The van der Waals surface area contributed by atoms with E-state index in [1.165, 1.54) is 0 Å². The monoisotopic (exact) mass is 296 g/mol. The van der Waals surface area contributed by atoms with Gasteiger partial charge in [-0.1, -0.05) is 18.2 Å². The summed E-state index contributed by atoms with van der Waals surface area (Å²) in [4.78, 5) is 0. The molecule has 0 aliphatic carbocycles. The van der Waals surface area contributed by atoms with E-state index in [1.807, 2.05) is 38.1 Å². The average molecular weight is 296 g/mol. The number of nitriles is 1. The Labute approximate surface area is 128 Å². The normalized spacial score (nSPS) is 16.7. The first-order valence-electron chi connectivity index (χ1n) is 7.01. The Bertz CT molecular complexity index is 786. The summed E-state index contributed by atoms with van der Waals surface area (Å²) < 4.78 is 11.2. The average Bonchev–Trinajstić information content (AvgIpc) is 2.88. The molecule has 0 fully saturated rings. The van der Waals surface area contributed by atoms with Crippen LogP contribution in [0, 0.1) is 18.3 Å². The number of nitrogens with zero attached hydrogens (tertiary/aromatic N) is 2. The fourth-order valence-corrected chi connectivity index (χ4v) is 2.72. The van der Waals surface area contributed by atoms with E-state index >= 15 is 0 Å². The van der Waals surface area contributed by atoms with Gasteiger partial charge in [-0.15, -0.1) is 5.10 Å². The fraction of sp³-hybridized carbons (Fsp3) is 0.250. The first-order valence-corrected chi connectivity index (χ1v) is 7.01. The Balaban J connectivity index is 2.24. The third kappa shape index (κ3) is 2.07. The number of aromatic amines is 1. The molecule has 1 aromatic heterocycles. The van der Waals surface area contributed by atoms with E-state index in [2.05, 4.69) is 16.3 Å². The largest absolute Gasteiger partial charge is 0.494 e. The van der Waals surface area contributed by atoms with Crippen LogP contribution >= 0.6 is 0 Å². The van der Waals surface area contributed by atoms with Crippen LogP contribution in [0.3, 0.4) is 0 Å². The number of fused-ring (bicyclic) bond motifs is 1. The molecule has 3 rings (SSSR count). The number of nitrogens with two attached hydrogens (primary N) is 1. The Kier molecular flexibility index (Phi) is 3.47. The maximum atomic E-state index is 9.53. The van der Waals surface area contributed by atoms with E-state index in [9.17, 15) is 5.26 Å². The zero-order valence-electron chi connectivity index (χ0n) is 12.4. The third-order valence-electron chi connectivity index (χ3n) is 3.66. The number of H-pyrrole nitrogens is 1. The summed E-state index contributed by atoms with van der Waals surface area (Å²) in [7, 11) is 0. The second-order valence-electron chi connectivity index (χ2n) is 4.96. The lowest BCUT2D eigenvalue weighted by Gasteiger charge is -2.25. The van der Waals surface area contributed by atoms with Crippen molar-refractivity contribution < 1.29 is 9.47 Å². The first kappa shape index (κ1) is 14.0. The second kappa shape index (κ2) is 5.45. The van der Waals surface area contributed by atoms with Crippen LogP contribution in [-0.2, 0) is 0 Å². The summed E-state index contributed by atoms with van der Waals surface area (Å²) in [5.41, 5.74) is 8.80. The molecule has 1 aromatic carbocycles. The predicted octanol–water partition coefficient (Wildman–Crippen LogP) is 2.33. The number of aryl methyl sites for hydroxylation is 1. The highest BCUT2D eigenvalue weighted by molar-refractivity contribution is 5.57. The fourth-order valence-electron chi connectivity index (χ4n) is 2.72. The van der Waals surface area contributed by atoms with Crippen molar-refractivity contribution in [3.8, 4) is 17.7 Å². The number of hydrogen-bond donors (Lipinski definition) is 2. The van der Waals surface area contributed by atoms with Gasteiger partial charge in [0.25, 0.3) is 0 Å². The number of ether oxygens (including phenoxy) is 2. The summed E-state index contributed by atoms with van der Waals surface area (Å²) in [5.74, 6) is 0.863. The van der Waals surface area contributed by atoms with E-state index < -0.39 is 0 Å². The second-order valence-corrected chi connectivity index (χ2v) is 4.96. The zero-order chi connectivity index (χ0) is 15.7. The Morgan fingerprint density at radius 1 is 1.45 bits per heavy atom. The molecule has 1 atom stereocenters. The van der Waals surface area contributed by atoms with E-state index in [1.54, 1.807) is 0 Å². The van der Waals surface area contributed by atoms with Crippen molar-refractivity contribution in [2.45, 2.75) is 19.8 Å². The highest BCUT2D eigenvalue weighted by Gasteiger charge is 2.35. The lowest BCUT2D eigenvalue weighted by atomic mass is 9.83. The summed E-state index contributed by atoms with van der Waals surface area (Å²) in [6.45, 7) is 4.35. The molecule has 6 heteroatoms. The van der Waals surface area contributed by atoms with Crippen molar-refractivity contribution in [3.05, 3.63) is 52.5 Å².